The average molecular weight is 323 g/mol. The van der Waals surface area contributed by atoms with Crippen LogP contribution in [0, 0.1) is 17.3 Å². The van der Waals surface area contributed by atoms with Crippen molar-refractivity contribution in [3.05, 3.63) is 11.6 Å². The maximum Gasteiger partial charge on any atom is 0.0900 e. The molecule has 3 aliphatic carbocycles. The van der Waals surface area contributed by atoms with Crippen LogP contribution < -0.4 is 0 Å². The molecule has 0 aromatic rings. The van der Waals surface area contributed by atoms with Crippen LogP contribution in [0.4, 0.5) is 0 Å². The predicted molar refractivity (Wildman–Crippen MR) is 91.4 cm³/mol. The van der Waals surface area contributed by atoms with Gasteiger partial charge in [-0.1, -0.05) is 19.9 Å². The first-order valence-corrected chi connectivity index (χ1v) is 9.21. The van der Waals surface area contributed by atoms with Crippen LogP contribution in [0.25, 0.3) is 0 Å². The molecule has 4 rings (SSSR count). The zero-order valence-electron chi connectivity index (χ0n) is 15.0. The fourth-order valence-electron chi connectivity index (χ4n) is 4.61. The molecule has 3 unspecified atom stereocenters. The number of likely N-dealkylation sites (N-methyl/N-ethyl adjacent to an activating group) is 1. The first-order chi connectivity index (χ1) is 11.0. The number of hydrogen-bond acceptors (Lipinski definition) is 4. The van der Waals surface area contributed by atoms with E-state index in [1.54, 1.807) is 0 Å². The summed E-state index contributed by atoms with van der Waals surface area (Å²) in [6.07, 6.45) is 6.64. The van der Waals surface area contributed by atoms with Gasteiger partial charge in [0.2, 0.25) is 0 Å². The zero-order valence-corrected chi connectivity index (χ0v) is 15.0. The van der Waals surface area contributed by atoms with Gasteiger partial charge >= 0.3 is 0 Å². The number of aliphatic hydroxyl groups excluding tert-OH is 1. The third-order valence-electron chi connectivity index (χ3n) is 6.47. The van der Waals surface area contributed by atoms with Crippen molar-refractivity contribution < 1.29 is 14.6 Å². The summed E-state index contributed by atoms with van der Waals surface area (Å²) in [6.45, 7) is 8.26. The van der Waals surface area contributed by atoms with Crippen molar-refractivity contribution in [1.29, 1.82) is 0 Å². The summed E-state index contributed by atoms with van der Waals surface area (Å²) >= 11 is 0. The highest BCUT2D eigenvalue weighted by atomic mass is 16.5. The van der Waals surface area contributed by atoms with Crippen molar-refractivity contribution in [2.75, 3.05) is 40.0 Å². The van der Waals surface area contributed by atoms with E-state index >= 15 is 0 Å². The van der Waals surface area contributed by atoms with Gasteiger partial charge in [-0.25, -0.2) is 0 Å². The van der Waals surface area contributed by atoms with Crippen LogP contribution in [-0.2, 0) is 9.47 Å². The molecular weight excluding hydrogens is 290 g/mol. The fraction of sp³-hybridized carbons (Fsp3) is 0.895. The van der Waals surface area contributed by atoms with Gasteiger partial charge in [-0.15, -0.1) is 0 Å². The molecule has 1 N–H and O–H groups in total. The van der Waals surface area contributed by atoms with Gasteiger partial charge in [0, 0.05) is 25.8 Å². The van der Waals surface area contributed by atoms with Crippen LogP contribution >= 0.6 is 0 Å². The van der Waals surface area contributed by atoms with Gasteiger partial charge in [0.05, 0.1) is 19.3 Å². The van der Waals surface area contributed by atoms with Crippen molar-refractivity contribution >= 4 is 0 Å². The van der Waals surface area contributed by atoms with E-state index in [9.17, 15) is 5.11 Å². The summed E-state index contributed by atoms with van der Waals surface area (Å²) in [5, 5.41) is 10.2. The largest absolute Gasteiger partial charge is 0.389 e. The van der Waals surface area contributed by atoms with Crippen LogP contribution in [0.1, 0.15) is 39.5 Å². The Hall–Kier alpha value is -0.420. The summed E-state index contributed by atoms with van der Waals surface area (Å²) in [4.78, 5) is 2.26. The van der Waals surface area contributed by atoms with Gasteiger partial charge in [-0.05, 0) is 55.6 Å². The Balaban J connectivity index is 1.36. The normalized spacial score (nSPS) is 31.6. The molecule has 4 nitrogen and oxygen atoms in total. The predicted octanol–water partition coefficient (Wildman–Crippen LogP) is 2.47. The van der Waals surface area contributed by atoms with E-state index in [0.717, 1.165) is 32.0 Å². The van der Waals surface area contributed by atoms with E-state index in [0.29, 0.717) is 37.1 Å². The number of hydrogen-bond donors (Lipinski definition) is 1. The Bertz CT molecular complexity index is 428. The highest BCUT2D eigenvalue weighted by Gasteiger charge is 2.50. The standard InChI is InChI=1S/C19H33NO3/c1-19(2)15-5-4-14(18(19)10-15)12-23-13-17(21)11-20(3)16-6-8-22-9-7-16/h4,15-18,21H,5-13H2,1-3H3. The Morgan fingerprint density at radius 3 is 2.78 bits per heavy atom. The molecule has 0 radical (unpaired) electrons. The molecule has 1 heterocycles. The van der Waals surface area contributed by atoms with E-state index in [4.69, 9.17) is 9.47 Å². The number of fused-ring (bicyclic) bond motifs is 1. The molecule has 23 heavy (non-hydrogen) atoms. The van der Waals surface area contributed by atoms with E-state index in [-0.39, 0.29) is 0 Å². The van der Waals surface area contributed by atoms with E-state index in [2.05, 4.69) is 31.9 Å². The van der Waals surface area contributed by atoms with Gasteiger partial charge in [-0.2, -0.15) is 0 Å². The lowest BCUT2D eigenvalue weighted by molar-refractivity contribution is -0.0291. The van der Waals surface area contributed by atoms with Crippen LogP contribution in [0.2, 0.25) is 0 Å². The monoisotopic (exact) mass is 323 g/mol. The molecule has 2 bridgehead atoms. The minimum absolute atomic E-state index is 0.408. The molecule has 4 aliphatic rings. The zero-order chi connectivity index (χ0) is 16.4. The summed E-state index contributed by atoms with van der Waals surface area (Å²) in [6, 6.07) is 0.534. The van der Waals surface area contributed by atoms with Gasteiger partial charge < -0.3 is 19.5 Å². The minimum atomic E-state index is -0.408. The lowest BCUT2D eigenvalue weighted by Gasteiger charge is -2.56. The molecule has 4 heteroatoms. The third-order valence-corrected chi connectivity index (χ3v) is 6.47. The summed E-state index contributed by atoms with van der Waals surface area (Å²) in [5.74, 6) is 1.57. The fourth-order valence-corrected chi connectivity index (χ4v) is 4.61. The van der Waals surface area contributed by atoms with Crippen molar-refractivity contribution in [3.8, 4) is 0 Å². The maximum absolute atomic E-state index is 10.2. The molecule has 3 atom stereocenters. The molecular formula is C19H33NO3. The SMILES string of the molecule is CN(CC(O)COCC1=CCC2CC1C2(C)C)C1CCOCC1. The van der Waals surface area contributed by atoms with Crippen molar-refractivity contribution in [2.24, 2.45) is 17.3 Å². The van der Waals surface area contributed by atoms with Gasteiger partial charge in [-0.3, -0.25) is 0 Å². The number of aliphatic hydroxyl groups is 1. The smallest absolute Gasteiger partial charge is 0.0900 e. The number of allylic oxidation sites excluding steroid dienone is 1. The molecule has 132 valence electrons. The first kappa shape index (κ1) is 17.4. The van der Waals surface area contributed by atoms with E-state index in [1.807, 2.05) is 0 Å². The average Bonchev–Trinajstić information content (AvgIpc) is 2.55. The van der Waals surface area contributed by atoms with Gasteiger partial charge in [0.15, 0.2) is 0 Å². The molecule has 1 saturated heterocycles. The number of rotatable bonds is 7. The van der Waals surface area contributed by atoms with Crippen molar-refractivity contribution in [1.82, 2.24) is 4.90 Å². The summed E-state index contributed by atoms with van der Waals surface area (Å²) in [7, 11) is 2.10. The highest BCUT2D eigenvalue weighted by Crippen LogP contribution is 2.59. The minimum Gasteiger partial charge on any atom is -0.389 e. The molecule has 1 saturated carbocycles. The maximum atomic E-state index is 10.2. The highest BCUT2D eigenvalue weighted by molar-refractivity contribution is 5.23. The van der Waals surface area contributed by atoms with Gasteiger partial charge in [0.25, 0.3) is 0 Å². The topological polar surface area (TPSA) is 41.9 Å². The van der Waals surface area contributed by atoms with E-state index < -0.39 is 6.10 Å². The molecule has 0 aromatic heterocycles. The summed E-state index contributed by atoms with van der Waals surface area (Å²) < 4.78 is 11.2. The lowest BCUT2D eigenvalue weighted by atomic mass is 9.49. The second-order valence-corrected chi connectivity index (χ2v) is 8.27. The molecule has 0 aromatic carbocycles. The first-order valence-electron chi connectivity index (χ1n) is 9.21. The number of ether oxygens (including phenoxy) is 2. The van der Waals surface area contributed by atoms with Crippen LogP contribution in [0.3, 0.4) is 0 Å². The quantitative estimate of drug-likeness (QED) is 0.731. The molecule has 0 spiro atoms. The Morgan fingerprint density at radius 2 is 2.13 bits per heavy atom. The molecule has 0 amide bonds. The van der Waals surface area contributed by atoms with Crippen LogP contribution in [0.5, 0.6) is 0 Å². The lowest BCUT2D eigenvalue weighted by Crippen LogP contribution is -2.48. The Kier molecular flexibility index (Phi) is 5.46. The molecule has 2 fully saturated rings. The third kappa shape index (κ3) is 3.81. The summed E-state index contributed by atoms with van der Waals surface area (Å²) in [5.41, 5.74) is 1.91. The molecule has 1 aliphatic heterocycles. The Labute approximate surface area is 140 Å². The van der Waals surface area contributed by atoms with Gasteiger partial charge in [0.1, 0.15) is 0 Å². The van der Waals surface area contributed by atoms with Crippen molar-refractivity contribution in [2.45, 2.75) is 51.7 Å². The Morgan fingerprint density at radius 1 is 1.39 bits per heavy atom. The van der Waals surface area contributed by atoms with E-state index in [1.165, 1.54) is 18.4 Å². The second-order valence-electron chi connectivity index (χ2n) is 8.27. The number of nitrogens with zero attached hydrogens (tertiary/aromatic N) is 1. The van der Waals surface area contributed by atoms with Crippen LogP contribution in [-0.4, -0.2) is 62.2 Å². The van der Waals surface area contributed by atoms with Crippen molar-refractivity contribution in [3.63, 3.8) is 0 Å². The second kappa shape index (κ2) is 7.22. The van der Waals surface area contributed by atoms with Crippen LogP contribution in [0.15, 0.2) is 11.6 Å².